The summed E-state index contributed by atoms with van der Waals surface area (Å²) in [6.07, 6.45) is -1.60. The van der Waals surface area contributed by atoms with Gasteiger partial charge in [-0.15, -0.1) is 0 Å². The SMILES string of the molecule is NCC1CCCC1C(=O)NCC(F)(F)C(F)F. The molecule has 0 radical (unpaired) electrons. The maximum Gasteiger partial charge on any atom is 0.324 e. The Bertz CT molecular complexity index is 273. The van der Waals surface area contributed by atoms with Crippen LogP contribution in [0.15, 0.2) is 0 Å². The highest BCUT2D eigenvalue weighted by Crippen LogP contribution is 2.31. The van der Waals surface area contributed by atoms with Crippen LogP contribution in [-0.2, 0) is 4.79 Å². The Balaban J connectivity index is 2.44. The molecule has 7 heteroatoms. The van der Waals surface area contributed by atoms with E-state index in [0.717, 1.165) is 12.8 Å². The molecule has 0 aromatic carbocycles. The maximum atomic E-state index is 12.6. The first-order chi connectivity index (χ1) is 7.88. The molecule has 2 atom stereocenters. The van der Waals surface area contributed by atoms with Gasteiger partial charge in [0.2, 0.25) is 5.91 Å². The van der Waals surface area contributed by atoms with E-state index >= 15 is 0 Å². The van der Waals surface area contributed by atoms with Crippen molar-refractivity contribution in [3.8, 4) is 0 Å². The standard InChI is InChI=1S/C10H16F4N2O/c11-9(12)10(13,14)5-16-8(17)7-3-1-2-6(7)4-15/h6-7,9H,1-5,15H2,(H,16,17). The van der Waals surface area contributed by atoms with Crippen molar-refractivity contribution < 1.29 is 22.4 Å². The summed E-state index contributed by atoms with van der Waals surface area (Å²) in [5.74, 6) is -5.23. The number of hydrogen-bond donors (Lipinski definition) is 2. The predicted octanol–water partition coefficient (Wildman–Crippen LogP) is 1.38. The van der Waals surface area contributed by atoms with Crippen LogP contribution < -0.4 is 11.1 Å². The average Bonchev–Trinajstić information content (AvgIpc) is 2.73. The van der Waals surface area contributed by atoms with Crippen LogP contribution in [0.1, 0.15) is 19.3 Å². The number of rotatable bonds is 5. The van der Waals surface area contributed by atoms with Gasteiger partial charge < -0.3 is 11.1 Å². The van der Waals surface area contributed by atoms with E-state index in [1.807, 2.05) is 5.32 Å². The first-order valence-corrected chi connectivity index (χ1v) is 5.52. The van der Waals surface area contributed by atoms with E-state index in [0.29, 0.717) is 13.0 Å². The fraction of sp³-hybridized carbons (Fsp3) is 0.900. The first-order valence-electron chi connectivity index (χ1n) is 5.52. The third kappa shape index (κ3) is 3.55. The van der Waals surface area contributed by atoms with Gasteiger partial charge in [0, 0.05) is 5.92 Å². The molecule has 1 aliphatic carbocycles. The largest absolute Gasteiger partial charge is 0.350 e. The summed E-state index contributed by atoms with van der Waals surface area (Å²) >= 11 is 0. The number of halogens is 4. The van der Waals surface area contributed by atoms with Crippen LogP contribution in [0.25, 0.3) is 0 Å². The minimum absolute atomic E-state index is 0.0322. The highest BCUT2D eigenvalue weighted by Gasteiger charge is 2.42. The van der Waals surface area contributed by atoms with Crippen molar-refractivity contribution in [1.82, 2.24) is 5.32 Å². The van der Waals surface area contributed by atoms with Gasteiger partial charge in [-0.05, 0) is 25.3 Å². The van der Waals surface area contributed by atoms with Crippen LogP contribution in [0, 0.1) is 11.8 Å². The molecular formula is C10H16F4N2O. The molecule has 2 unspecified atom stereocenters. The second kappa shape index (κ2) is 5.66. The minimum Gasteiger partial charge on any atom is -0.350 e. The highest BCUT2D eigenvalue weighted by molar-refractivity contribution is 5.79. The summed E-state index contributed by atoms with van der Waals surface area (Å²) in [6.45, 7) is -1.01. The zero-order valence-electron chi connectivity index (χ0n) is 9.27. The van der Waals surface area contributed by atoms with E-state index in [4.69, 9.17) is 5.73 Å². The lowest BCUT2D eigenvalue weighted by Crippen LogP contribution is -2.44. The van der Waals surface area contributed by atoms with Crippen molar-refractivity contribution in [3.63, 3.8) is 0 Å². The van der Waals surface area contributed by atoms with Crippen molar-refractivity contribution >= 4 is 5.91 Å². The maximum absolute atomic E-state index is 12.6. The van der Waals surface area contributed by atoms with Crippen molar-refractivity contribution in [2.75, 3.05) is 13.1 Å². The average molecular weight is 256 g/mol. The van der Waals surface area contributed by atoms with E-state index < -0.39 is 30.7 Å². The van der Waals surface area contributed by atoms with Crippen molar-refractivity contribution in [2.24, 2.45) is 17.6 Å². The zero-order chi connectivity index (χ0) is 13.1. The molecule has 0 aromatic heterocycles. The number of nitrogens with one attached hydrogen (secondary N) is 1. The molecule has 1 rings (SSSR count). The molecule has 100 valence electrons. The predicted molar refractivity (Wildman–Crippen MR) is 53.8 cm³/mol. The molecule has 0 saturated heterocycles. The Morgan fingerprint density at radius 1 is 1.41 bits per heavy atom. The molecule has 3 N–H and O–H groups in total. The van der Waals surface area contributed by atoms with Crippen molar-refractivity contribution in [1.29, 1.82) is 0 Å². The second-order valence-corrected chi connectivity index (χ2v) is 4.31. The van der Waals surface area contributed by atoms with Crippen LogP contribution in [0.5, 0.6) is 0 Å². The Hall–Kier alpha value is -0.850. The van der Waals surface area contributed by atoms with E-state index in [1.165, 1.54) is 0 Å². The van der Waals surface area contributed by atoms with Crippen LogP contribution >= 0.6 is 0 Å². The molecule has 0 heterocycles. The van der Waals surface area contributed by atoms with Gasteiger partial charge in [0.1, 0.15) is 0 Å². The molecular weight excluding hydrogens is 240 g/mol. The molecule has 3 nitrogen and oxygen atoms in total. The molecule has 1 fully saturated rings. The van der Waals surface area contributed by atoms with Gasteiger partial charge in [-0.1, -0.05) is 6.42 Å². The monoisotopic (exact) mass is 256 g/mol. The molecule has 1 aliphatic rings. The molecule has 0 spiro atoms. The summed E-state index contributed by atoms with van der Waals surface area (Å²) in [7, 11) is 0. The molecule has 1 saturated carbocycles. The van der Waals surface area contributed by atoms with Crippen LogP contribution in [0.4, 0.5) is 17.6 Å². The van der Waals surface area contributed by atoms with E-state index in [2.05, 4.69) is 0 Å². The Kier molecular flexibility index (Phi) is 4.73. The lowest BCUT2D eigenvalue weighted by atomic mass is 9.95. The Morgan fingerprint density at radius 3 is 2.59 bits per heavy atom. The summed E-state index contributed by atoms with van der Waals surface area (Å²) in [5, 5.41) is 1.89. The van der Waals surface area contributed by atoms with Crippen LogP contribution in [0.3, 0.4) is 0 Å². The van der Waals surface area contributed by atoms with Gasteiger partial charge in [-0.25, -0.2) is 8.78 Å². The number of nitrogens with two attached hydrogens (primary N) is 1. The minimum atomic E-state index is -4.17. The molecule has 0 bridgehead atoms. The number of hydrogen-bond acceptors (Lipinski definition) is 2. The molecule has 17 heavy (non-hydrogen) atoms. The van der Waals surface area contributed by atoms with E-state index in [1.54, 1.807) is 0 Å². The Labute approximate surface area is 96.7 Å². The number of amides is 1. The topological polar surface area (TPSA) is 55.1 Å². The summed E-state index contributed by atoms with van der Waals surface area (Å²) < 4.78 is 48.9. The molecule has 1 amide bonds. The van der Waals surface area contributed by atoms with Crippen molar-refractivity contribution in [3.05, 3.63) is 0 Å². The smallest absolute Gasteiger partial charge is 0.324 e. The van der Waals surface area contributed by atoms with Gasteiger partial charge in [0.25, 0.3) is 0 Å². The lowest BCUT2D eigenvalue weighted by molar-refractivity contribution is -0.139. The fourth-order valence-corrected chi connectivity index (χ4v) is 2.08. The fourth-order valence-electron chi connectivity index (χ4n) is 2.08. The first kappa shape index (κ1) is 14.2. The quantitative estimate of drug-likeness (QED) is 0.730. The molecule has 0 aliphatic heterocycles. The summed E-state index contributed by atoms with van der Waals surface area (Å²) in [5.41, 5.74) is 5.44. The van der Waals surface area contributed by atoms with Gasteiger partial charge in [0.15, 0.2) is 0 Å². The van der Waals surface area contributed by atoms with E-state index in [9.17, 15) is 22.4 Å². The number of carbonyl (C=O) groups excluding carboxylic acids is 1. The van der Waals surface area contributed by atoms with Gasteiger partial charge in [0.05, 0.1) is 6.54 Å². The summed E-state index contributed by atoms with van der Waals surface area (Å²) in [4.78, 5) is 11.5. The third-order valence-electron chi connectivity index (χ3n) is 3.12. The third-order valence-corrected chi connectivity index (χ3v) is 3.12. The van der Waals surface area contributed by atoms with E-state index in [-0.39, 0.29) is 5.92 Å². The van der Waals surface area contributed by atoms with Gasteiger partial charge in [-0.3, -0.25) is 4.79 Å². The molecule has 0 aromatic rings. The number of alkyl halides is 4. The van der Waals surface area contributed by atoms with Gasteiger partial charge >= 0.3 is 12.3 Å². The van der Waals surface area contributed by atoms with Gasteiger partial charge in [-0.2, -0.15) is 8.78 Å². The highest BCUT2D eigenvalue weighted by atomic mass is 19.3. The second-order valence-electron chi connectivity index (χ2n) is 4.31. The number of carbonyl (C=O) groups is 1. The lowest BCUT2D eigenvalue weighted by Gasteiger charge is -2.20. The van der Waals surface area contributed by atoms with Crippen LogP contribution in [-0.4, -0.2) is 31.3 Å². The zero-order valence-corrected chi connectivity index (χ0v) is 9.27. The summed E-state index contributed by atoms with van der Waals surface area (Å²) in [6, 6.07) is 0. The normalized spacial score (nSPS) is 25.3. The van der Waals surface area contributed by atoms with Crippen LogP contribution in [0.2, 0.25) is 0 Å². The van der Waals surface area contributed by atoms with Crippen molar-refractivity contribution in [2.45, 2.75) is 31.6 Å². The Morgan fingerprint density at radius 2 is 2.06 bits per heavy atom.